The fraction of sp³-hybridized carbons (Fsp3) is 0.550. The molecule has 5 rings (SSSR count). The number of methoxy groups -OCH3 is 1. The maximum absolute atomic E-state index is 13.5. The number of hydrogen-bond acceptors (Lipinski definition) is 3. The zero-order valence-electron chi connectivity index (χ0n) is 13.5. The molecule has 3 fully saturated rings. The second-order valence-corrected chi connectivity index (χ2v) is 7.48. The molecule has 4 aliphatic rings. The first kappa shape index (κ1) is 13.9. The smallest absolute Gasteiger partial charge is 0.178 e. The summed E-state index contributed by atoms with van der Waals surface area (Å²) >= 11 is 0. The van der Waals surface area contributed by atoms with E-state index in [9.17, 15) is 4.79 Å². The number of Topliss-reactive ketones (excluding diaryl/α,β-unsaturated/α-hetero) is 1. The molecular formula is C20H22O3. The van der Waals surface area contributed by atoms with E-state index in [0.29, 0.717) is 17.6 Å². The van der Waals surface area contributed by atoms with Gasteiger partial charge in [0, 0.05) is 19.6 Å². The molecule has 2 bridgehead atoms. The average molecular weight is 310 g/mol. The summed E-state index contributed by atoms with van der Waals surface area (Å²) in [6, 6.07) is 10.4. The Kier molecular flexibility index (Phi) is 2.76. The van der Waals surface area contributed by atoms with Crippen molar-refractivity contribution < 1.29 is 14.3 Å². The fourth-order valence-electron chi connectivity index (χ4n) is 6.03. The summed E-state index contributed by atoms with van der Waals surface area (Å²) in [5.41, 5.74) is 1.26. The number of ketones is 1. The van der Waals surface area contributed by atoms with Gasteiger partial charge in [0.05, 0.1) is 5.41 Å². The quantitative estimate of drug-likeness (QED) is 0.841. The predicted molar refractivity (Wildman–Crippen MR) is 86.8 cm³/mol. The maximum atomic E-state index is 13.5. The Morgan fingerprint density at radius 3 is 2.78 bits per heavy atom. The lowest BCUT2D eigenvalue weighted by Gasteiger charge is -2.47. The molecule has 1 aliphatic heterocycles. The van der Waals surface area contributed by atoms with Gasteiger partial charge in [-0.1, -0.05) is 42.8 Å². The van der Waals surface area contributed by atoms with Crippen LogP contribution in [0, 0.1) is 17.3 Å². The Balaban J connectivity index is 1.78. The minimum atomic E-state index is -0.761. The maximum Gasteiger partial charge on any atom is 0.178 e. The van der Waals surface area contributed by atoms with Crippen molar-refractivity contribution in [3.8, 4) is 0 Å². The second kappa shape index (κ2) is 4.55. The number of fused-ring (bicyclic) bond motifs is 1. The summed E-state index contributed by atoms with van der Waals surface area (Å²) in [4.78, 5) is 13.5. The lowest BCUT2D eigenvalue weighted by Crippen LogP contribution is -2.60. The fourth-order valence-corrected chi connectivity index (χ4v) is 6.03. The Bertz CT molecular complexity index is 694. The number of allylic oxidation sites excluding steroid dienone is 1. The Hall–Kier alpha value is -1.45. The van der Waals surface area contributed by atoms with Gasteiger partial charge >= 0.3 is 0 Å². The van der Waals surface area contributed by atoms with Crippen molar-refractivity contribution in [2.45, 2.75) is 37.4 Å². The Labute approximate surface area is 136 Å². The summed E-state index contributed by atoms with van der Waals surface area (Å²) < 4.78 is 12.2. The van der Waals surface area contributed by atoms with Crippen LogP contribution >= 0.6 is 0 Å². The largest absolute Gasteiger partial charge is 0.370 e. The van der Waals surface area contributed by atoms with Crippen LogP contribution in [-0.2, 0) is 14.3 Å². The van der Waals surface area contributed by atoms with Gasteiger partial charge in [-0.2, -0.15) is 0 Å². The molecule has 0 radical (unpaired) electrons. The van der Waals surface area contributed by atoms with E-state index in [1.54, 1.807) is 7.11 Å². The minimum absolute atomic E-state index is 0.252. The summed E-state index contributed by atoms with van der Waals surface area (Å²) in [6.07, 6.45) is 6.23. The first-order chi connectivity index (χ1) is 11.2. The molecule has 1 spiro atoms. The SMILES string of the molecule is CO[C@@]12C(=O)[C@@]34C=C(c5ccccc5)[C@@H]1OCC[C@@H]2[C@H]3CCC4. The number of carbonyl (C=O) groups is 1. The molecule has 5 atom stereocenters. The highest BCUT2D eigenvalue weighted by Crippen LogP contribution is 2.67. The van der Waals surface area contributed by atoms with E-state index in [1.807, 2.05) is 6.07 Å². The van der Waals surface area contributed by atoms with Crippen LogP contribution in [0.25, 0.3) is 5.57 Å². The third-order valence-electron chi connectivity index (χ3n) is 6.82. The number of carbonyl (C=O) groups excluding carboxylic acids is 1. The molecule has 2 saturated carbocycles. The van der Waals surface area contributed by atoms with Gasteiger partial charge in [-0.3, -0.25) is 4.79 Å². The molecule has 23 heavy (non-hydrogen) atoms. The monoisotopic (exact) mass is 310 g/mol. The molecule has 1 aromatic carbocycles. The van der Waals surface area contributed by atoms with Crippen LogP contribution < -0.4 is 0 Å². The summed E-state index contributed by atoms with van der Waals surface area (Å²) in [5, 5.41) is 0. The minimum Gasteiger partial charge on any atom is -0.370 e. The highest BCUT2D eigenvalue weighted by Gasteiger charge is 2.74. The van der Waals surface area contributed by atoms with Crippen molar-refractivity contribution in [1.29, 1.82) is 0 Å². The van der Waals surface area contributed by atoms with Gasteiger partial charge < -0.3 is 9.47 Å². The number of rotatable bonds is 2. The molecule has 3 heteroatoms. The number of benzene rings is 1. The normalized spacial score (nSPS) is 44.1. The van der Waals surface area contributed by atoms with E-state index >= 15 is 0 Å². The van der Waals surface area contributed by atoms with E-state index < -0.39 is 5.60 Å². The highest BCUT2D eigenvalue weighted by atomic mass is 16.6. The number of ether oxygens (including phenoxy) is 2. The molecule has 1 heterocycles. The van der Waals surface area contributed by atoms with Crippen molar-refractivity contribution in [3.63, 3.8) is 0 Å². The van der Waals surface area contributed by atoms with E-state index in [-0.39, 0.29) is 11.5 Å². The third-order valence-corrected chi connectivity index (χ3v) is 6.82. The molecule has 120 valence electrons. The van der Waals surface area contributed by atoms with Crippen LogP contribution in [0.4, 0.5) is 0 Å². The average Bonchev–Trinajstić information content (AvgIpc) is 3.08. The lowest BCUT2D eigenvalue weighted by atomic mass is 9.69. The predicted octanol–water partition coefficient (Wildman–Crippen LogP) is 3.24. The molecule has 0 unspecified atom stereocenters. The van der Waals surface area contributed by atoms with Crippen molar-refractivity contribution in [2.24, 2.45) is 17.3 Å². The molecule has 0 amide bonds. The summed E-state index contributed by atoms with van der Waals surface area (Å²) in [6.45, 7) is 0.727. The van der Waals surface area contributed by atoms with E-state index in [0.717, 1.165) is 32.3 Å². The van der Waals surface area contributed by atoms with Gasteiger partial charge in [0.25, 0.3) is 0 Å². The van der Waals surface area contributed by atoms with Crippen molar-refractivity contribution in [2.75, 3.05) is 13.7 Å². The first-order valence-corrected chi connectivity index (χ1v) is 8.74. The van der Waals surface area contributed by atoms with Crippen LogP contribution in [0.3, 0.4) is 0 Å². The molecule has 0 N–H and O–H groups in total. The third kappa shape index (κ3) is 1.46. The Morgan fingerprint density at radius 1 is 1.17 bits per heavy atom. The first-order valence-electron chi connectivity index (χ1n) is 8.74. The van der Waals surface area contributed by atoms with Crippen LogP contribution in [0.5, 0.6) is 0 Å². The van der Waals surface area contributed by atoms with Gasteiger partial charge in [-0.25, -0.2) is 0 Å². The molecule has 3 aliphatic carbocycles. The van der Waals surface area contributed by atoms with Crippen LogP contribution in [0.2, 0.25) is 0 Å². The zero-order chi connectivity index (χ0) is 15.7. The molecular weight excluding hydrogens is 288 g/mol. The standard InChI is InChI=1S/C20H22O3/c1-22-20-16-9-11-23-17(20)14(13-6-3-2-4-7-13)12-19(18(20)21)10-5-8-15(16)19/h2-4,6-7,12,15-17H,5,8-11H2,1H3/t15-,16-,17+,19+,20-/m1/s1. The van der Waals surface area contributed by atoms with Crippen molar-refractivity contribution in [3.05, 3.63) is 42.0 Å². The topological polar surface area (TPSA) is 35.5 Å². The molecule has 1 aromatic rings. The van der Waals surface area contributed by atoms with Gasteiger partial charge in [-0.05, 0) is 36.3 Å². The van der Waals surface area contributed by atoms with Crippen molar-refractivity contribution >= 4 is 11.4 Å². The van der Waals surface area contributed by atoms with Gasteiger partial charge in [0.15, 0.2) is 11.4 Å². The van der Waals surface area contributed by atoms with Crippen LogP contribution in [0.1, 0.15) is 31.2 Å². The van der Waals surface area contributed by atoms with E-state index in [1.165, 1.54) is 11.1 Å². The number of hydrogen-bond donors (Lipinski definition) is 0. The van der Waals surface area contributed by atoms with E-state index in [4.69, 9.17) is 9.47 Å². The van der Waals surface area contributed by atoms with Crippen molar-refractivity contribution in [1.82, 2.24) is 0 Å². The van der Waals surface area contributed by atoms with Gasteiger partial charge in [0.1, 0.15) is 6.10 Å². The highest BCUT2D eigenvalue weighted by molar-refractivity contribution is 6.04. The second-order valence-electron chi connectivity index (χ2n) is 7.48. The van der Waals surface area contributed by atoms with Gasteiger partial charge in [0.2, 0.25) is 0 Å². The zero-order valence-corrected chi connectivity index (χ0v) is 13.5. The van der Waals surface area contributed by atoms with Crippen LogP contribution in [-0.4, -0.2) is 31.2 Å². The van der Waals surface area contributed by atoms with Gasteiger partial charge in [-0.15, -0.1) is 0 Å². The molecule has 0 aromatic heterocycles. The van der Waals surface area contributed by atoms with E-state index in [2.05, 4.69) is 30.3 Å². The summed E-state index contributed by atoms with van der Waals surface area (Å²) in [7, 11) is 1.70. The lowest BCUT2D eigenvalue weighted by molar-refractivity contribution is -0.180. The van der Waals surface area contributed by atoms with Crippen LogP contribution in [0.15, 0.2) is 36.4 Å². The summed E-state index contributed by atoms with van der Waals surface area (Å²) in [5.74, 6) is 1.03. The molecule has 1 saturated heterocycles. The molecule has 3 nitrogen and oxygen atoms in total. The Morgan fingerprint density at radius 2 is 2.00 bits per heavy atom.